The standard InChI is InChI=1S/C52H69N9O15S2/c1-29(53)51(74)61-21-7-10-42(61)50(73)59-39(26-32-13-17-34(64)18-14-32)46(69)55-35(19-22-77-2)44(67)54-36(20-23-78-3)45(68)56-38(25-31-11-15-33(63)16-12-31)47(70)57-37(24-30-8-5-4-6-9-30)48(71)58-40(27-43(65)66)49(72)60-41(28-62)52(75)76/h4-6,8-9,11-18,29,35-42,62-64H,7,10,19-28,53H2,1-3H3,(H,54,67)(H,55,69)(H,56,68)(H,57,70)(H,58,71)(H,59,73)(H,60,72)(H,65,66)(H,75,76)/t29-,35-,36-,37-,38-,39-,40-,41-,42-/m0/s1. The van der Waals surface area contributed by atoms with Crippen molar-refractivity contribution in [3.8, 4) is 11.5 Å². The minimum atomic E-state index is -1.89. The van der Waals surface area contributed by atoms with Gasteiger partial charge in [-0.2, -0.15) is 23.5 Å². The van der Waals surface area contributed by atoms with Gasteiger partial charge in [0.05, 0.1) is 19.1 Å². The van der Waals surface area contributed by atoms with Crippen LogP contribution in [0.3, 0.4) is 0 Å². The van der Waals surface area contributed by atoms with Crippen molar-refractivity contribution >= 4 is 82.7 Å². The lowest BCUT2D eigenvalue weighted by Crippen LogP contribution is -2.61. The SMILES string of the molecule is CSCC[C@H](NC(=O)[C@H](CCSC)NC(=O)[C@H](Cc1ccc(O)cc1)NC(=O)[C@@H]1CCCN1C(=O)[C@H](C)N)C(=O)N[C@@H](Cc1ccc(O)cc1)C(=O)N[C@@H](Cc1ccccc1)C(=O)N[C@@H](CC(=O)O)C(=O)N[C@@H](CO)C(=O)O. The maximum atomic E-state index is 14.5. The number of amides is 8. The summed E-state index contributed by atoms with van der Waals surface area (Å²) in [5.74, 6) is -9.43. The van der Waals surface area contributed by atoms with Crippen molar-refractivity contribution in [2.45, 2.75) is 113 Å². The molecule has 0 aromatic heterocycles. The molecule has 0 bridgehead atoms. The molecule has 26 heteroatoms. The molecule has 1 aliphatic heterocycles. The molecule has 424 valence electrons. The summed E-state index contributed by atoms with van der Waals surface area (Å²) < 4.78 is 0. The fraction of sp³-hybridized carbons (Fsp3) is 0.462. The molecule has 0 aliphatic carbocycles. The van der Waals surface area contributed by atoms with Crippen molar-refractivity contribution in [2.75, 3.05) is 37.2 Å². The van der Waals surface area contributed by atoms with Crippen LogP contribution in [0, 0.1) is 0 Å². The molecule has 3 aromatic carbocycles. The van der Waals surface area contributed by atoms with Crippen LogP contribution < -0.4 is 43.0 Å². The number of phenols is 2. The van der Waals surface area contributed by atoms with Gasteiger partial charge in [-0.25, -0.2) is 4.79 Å². The molecular weight excluding hydrogens is 1050 g/mol. The lowest BCUT2D eigenvalue weighted by molar-refractivity contribution is -0.144. The minimum Gasteiger partial charge on any atom is -0.508 e. The Morgan fingerprint density at radius 1 is 0.564 bits per heavy atom. The highest BCUT2D eigenvalue weighted by Gasteiger charge is 2.39. The molecule has 0 saturated carbocycles. The number of hydrogen-bond acceptors (Lipinski definition) is 16. The Balaban J connectivity index is 1.64. The van der Waals surface area contributed by atoms with E-state index in [1.54, 1.807) is 55.0 Å². The Kier molecular flexibility index (Phi) is 25.7. The zero-order valence-electron chi connectivity index (χ0n) is 43.3. The van der Waals surface area contributed by atoms with E-state index in [1.807, 2.05) is 5.32 Å². The number of nitrogens with one attached hydrogen (secondary N) is 7. The molecule has 0 spiro atoms. The maximum absolute atomic E-state index is 14.5. The van der Waals surface area contributed by atoms with E-state index in [4.69, 9.17) is 5.73 Å². The Morgan fingerprint density at radius 2 is 0.949 bits per heavy atom. The van der Waals surface area contributed by atoms with E-state index in [1.165, 1.54) is 71.7 Å². The molecule has 1 saturated heterocycles. The van der Waals surface area contributed by atoms with Gasteiger partial charge in [0.1, 0.15) is 59.8 Å². The van der Waals surface area contributed by atoms with E-state index in [0.717, 1.165) is 0 Å². The van der Waals surface area contributed by atoms with Crippen LogP contribution in [0.4, 0.5) is 0 Å². The van der Waals surface area contributed by atoms with Crippen molar-refractivity contribution in [3.63, 3.8) is 0 Å². The highest BCUT2D eigenvalue weighted by Crippen LogP contribution is 2.20. The van der Waals surface area contributed by atoms with Crippen LogP contribution in [0.25, 0.3) is 0 Å². The zero-order valence-corrected chi connectivity index (χ0v) is 45.0. The summed E-state index contributed by atoms with van der Waals surface area (Å²) in [5.41, 5.74) is 7.32. The third-order valence-electron chi connectivity index (χ3n) is 12.5. The van der Waals surface area contributed by atoms with Crippen molar-refractivity contribution in [2.24, 2.45) is 5.73 Å². The first-order valence-corrected chi connectivity index (χ1v) is 27.7. The number of carboxylic acid groups (broad SMARTS) is 2. The second kappa shape index (κ2) is 31.7. The van der Waals surface area contributed by atoms with Crippen LogP contribution in [0.15, 0.2) is 78.9 Å². The lowest BCUT2D eigenvalue weighted by Gasteiger charge is -2.29. The van der Waals surface area contributed by atoms with Crippen LogP contribution in [0.5, 0.6) is 11.5 Å². The fourth-order valence-electron chi connectivity index (χ4n) is 8.26. The van der Waals surface area contributed by atoms with E-state index in [9.17, 15) is 73.5 Å². The van der Waals surface area contributed by atoms with Gasteiger partial charge in [0.25, 0.3) is 0 Å². The van der Waals surface area contributed by atoms with Gasteiger partial charge in [0, 0.05) is 25.8 Å². The topological polar surface area (TPSA) is 385 Å². The average molecular weight is 1120 g/mol. The second-order valence-corrected chi connectivity index (χ2v) is 20.5. The van der Waals surface area contributed by atoms with Gasteiger partial charge in [-0.3, -0.25) is 43.2 Å². The maximum Gasteiger partial charge on any atom is 0.328 e. The molecule has 1 aliphatic rings. The number of rotatable bonds is 31. The molecule has 1 heterocycles. The second-order valence-electron chi connectivity index (χ2n) is 18.5. The number of nitrogens with two attached hydrogens (primary N) is 1. The molecule has 9 atom stereocenters. The number of carboxylic acids is 2. The molecule has 4 rings (SSSR count). The summed E-state index contributed by atoms with van der Waals surface area (Å²) in [6, 6.07) is 7.28. The monoisotopic (exact) mass is 1120 g/mol. The fourth-order valence-corrected chi connectivity index (χ4v) is 9.20. The third kappa shape index (κ3) is 20.2. The highest BCUT2D eigenvalue weighted by atomic mass is 32.2. The zero-order chi connectivity index (χ0) is 57.5. The predicted molar refractivity (Wildman–Crippen MR) is 289 cm³/mol. The minimum absolute atomic E-state index is 0.0120. The number of carbonyl (C=O) groups is 10. The first kappa shape index (κ1) is 63.1. The number of benzene rings is 3. The number of carbonyl (C=O) groups excluding carboxylic acids is 8. The number of aliphatic hydroxyl groups excluding tert-OH is 1. The van der Waals surface area contributed by atoms with Gasteiger partial charge in [0.2, 0.25) is 47.3 Å². The molecule has 8 amide bonds. The van der Waals surface area contributed by atoms with Gasteiger partial charge < -0.3 is 73.4 Å². The van der Waals surface area contributed by atoms with Gasteiger partial charge >= 0.3 is 11.9 Å². The molecule has 0 radical (unpaired) electrons. The van der Waals surface area contributed by atoms with Gasteiger partial charge in [0.15, 0.2) is 0 Å². The summed E-state index contributed by atoms with van der Waals surface area (Å²) in [7, 11) is 0. The van der Waals surface area contributed by atoms with Crippen molar-refractivity contribution < 1.29 is 73.5 Å². The van der Waals surface area contributed by atoms with E-state index < -0.39 is 127 Å². The quantitative estimate of drug-likeness (QED) is 0.0364. The van der Waals surface area contributed by atoms with Crippen molar-refractivity contribution in [3.05, 3.63) is 95.6 Å². The summed E-state index contributed by atoms with van der Waals surface area (Å²) >= 11 is 2.71. The number of nitrogens with zero attached hydrogens (tertiary/aromatic N) is 1. The third-order valence-corrected chi connectivity index (χ3v) is 13.7. The molecule has 14 N–H and O–H groups in total. The molecule has 24 nitrogen and oxygen atoms in total. The number of aliphatic carboxylic acids is 2. The van der Waals surface area contributed by atoms with E-state index in [0.29, 0.717) is 41.0 Å². The van der Waals surface area contributed by atoms with Crippen LogP contribution in [0.1, 0.15) is 55.7 Å². The predicted octanol–water partition coefficient (Wildman–Crippen LogP) is -1.08. The Labute approximate surface area is 459 Å². The summed E-state index contributed by atoms with van der Waals surface area (Å²) in [4.78, 5) is 137. The van der Waals surface area contributed by atoms with Crippen molar-refractivity contribution in [1.82, 2.24) is 42.1 Å². The summed E-state index contributed by atoms with van der Waals surface area (Å²) in [5, 5.41) is 66.2. The van der Waals surface area contributed by atoms with Crippen LogP contribution >= 0.6 is 23.5 Å². The van der Waals surface area contributed by atoms with E-state index in [2.05, 4.69) is 31.9 Å². The first-order chi connectivity index (χ1) is 37.1. The number of hydrogen-bond donors (Lipinski definition) is 13. The summed E-state index contributed by atoms with van der Waals surface area (Å²) in [6.07, 6.45) is 2.85. The Morgan fingerprint density at radius 3 is 1.36 bits per heavy atom. The Hall–Kier alpha value is -7.42. The molecule has 1 fully saturated rings. The number of aliphatic hydroxyl groups is 1. The van der Waals surface area contributed by atoms with Crippen LogP contribution in [-0.2, 0) is 67.2 Å². The Bertz CT molecular complexity index is 2540. The molecule has 78 heavy (non-hydrogen) atoms. The number of aromatic hydroxyl groups is 2. The van der Waals surface area contributed by atoms with Crippen LogP contribution in [0.2, 0.25) is 0 Å². The highest BCUT2D eigenvalue weighted by molar-refractivity contribution is 7.98. The normalized spacial score (nSPS) is 16.1. The van der Waals surface area contributed by atoms with Gasteiger partial charge in [-0.15, -0.1) is 0 Å². The van der Waals surface area contributed by atoms with Gasteiger partial charge in [-0.1, -0.05) is 54.6 Å². The summed E-state index contributed by atoms with van der Waals surface area (Å²) in [6.45, 7) is 0.733. The van der Waals surface area contributed by atoms with Crippen molar-refractivity contribution in [1.29, 1.82) is 0 Å². The smallest absolute Gasteiger partial charge is 0.328 e. The number of likely N-dealkylation sites (tertiary alicyclic amines) is 1. The van der Waals surface area contributed by atoms with Crippen LogP contribution in [-0.4, -0.2) is 181 Å². The largest absolute Gasteiger partial charge is 0.508 e. The average Bonchev–Trinajstić information content (AvgIpc) is 3.91. The lowest BCUT2D eigenvalue weighted by atomic mass is 10.0. The van der Waals surface area contributed by atoms with E-state index in [-0.39, 0.29) is 50.1 Å². The number of thioether (sulfide) groups is 2. The van der Waals surface area contributed by atoms with Gasteiger partial charge in [-0.05, 0) is 97.6 Å². The molecule has 0 unspecified atom stereocenters. The molecular formula is C52H69N9O15S2. The number of phenolic OH excluding ortho intramolecular Hbond substituents is 2. The molecule has 3 aromatic rings. The van der Waals surface area contributed by atoms with E-state index >= 15 is 0 Å². The first-order valence-electron chi connectivity index (χ1n) is 25.0.